The van der Waals surface area contributed by atoms with Crippen molar-refractivity contribution in [1.29, 1.82) is 0 Å². The summed E-state index contributed by atoms with van der Waals surface area (Å²) in [6.45, 7) is 0. The quantitative estimate of drug-likeness (QED) is 0.488. The van der Waals surface area contributed by atoms with Gasteiger partial charge in [0, 0.05) is 23.5 Å². The monoisotopic (exact) mass is 279 g/mol. The topological polar surface area (TPSA) is 173 Å². The zero-order valence-electron chi connectivity index (χ0n) is 9.60. The van der Waals surface area contributed by atoms with Gasteiger partial charge in [-0.2, -0.15) is 0 Å². The van der Waals surface area contributed by atoms with Gasteiger partial charge in [0.25, 0.3) is 0 Å². The molecule has 0 aliphatic carbocycles. The first-order valence-electron chi connectivity index (χ1n) is 4.71. The summed E-state index contributed by atoms with van der Waals surface area (Å²) in [5, 5.41) is 39.3. The van der Waals surface area contributed by atoms with Gasteiger partial charge in [-0.1, -0.05) is 0 Å². The summed E-state index contributed by atoms with van der Waals surface area (Å²) in [5.41, 5.74) is -0.562. The van der Waals surface area contributed by atoms with Gasteiger partial charge in [-0.25, -0.2) is 0 Å². The number of aromatic carboxylic acids is 2. The smallest absolute Gasteiger partial charge is 0.0731 e. The molecule has 0 radical (unpaired) electrons. The molecule has 0 unspecified atom stereocenters. The fourth-order valence-corrected chi connectivity index (χ4v) is 0.799. The maximum Gasteiger partial charge on any atom is 0.0731 e. The van der Waals surface area contributed by atoms with Crippen LogP contribution in [0.25, 0.3) is 0 Å². The molecule has 1 rings (SSSR count). The Kier molecular flexibility index (Phi) is 6.69. The van der Waals surface area contributed by atoms with E-state index < -0.39 is 23.9 Å². The average molecular weight is 279 g/mol. The van der Waals surface area contributed by atoms with E-state index in [9.17, 15) is 39.6 Å². The zero-order valence-corrected chi connectivity index (χ0v) is 9.60. The summed E-state index contributed by atoms with van der Waals surface area (Å²) in [7, 11) is 0. The highest BCUT2D eigenvalue weighted by Crippen LogP contribution is 1.99. The lowest BCUT2D eigenvalue weighted by Gasteiger charge is -2.04. The average Bonchev–Trinajstić information content (AvgIpc) is 2.37. The number of rotatable bonds is 4. The molecule has 9 heteroatoms. The summed E-state index contributed by atoms with van der Waals surface area (Å²) in [6, 6.07) is 0.928. The van der Waals surface area contributed by atoms with E-state index in [4.69, 9.17) is 0 Å². The molecule has 20 heavy (non-hydrogen) atoms. The summed E-state index contributed by atoms with van der Waals surface area (Å²) in [4.78, 5) is 42.6. The van der Waals surface area contributed by atoms with E-state index in [1.165, 1.54) is 0 Å². The van der Waals surface area contributed by atoms with E-state index >= 15 is 0 Å². The van der Waals surface area contributed by atoms with Crippen molar-refractivity contribution in [3.8, 4) is 0 Å². The van der Waals surface area contributed by atoms with Crippen LogP contribution in [0.5, 0.6) is 0 Å². The lowest BCUT2D eigenvalue weighted by Crippen LogP contribution is -2.25. The van der Waals surface area contributed by atoms with Crippen molar-refractivity contribution in [2.75, 3.05) is 0 Å². The van der Waals surface area contributed by atoms with E-state index in [2.05, 4.69) is 4.98 Å². The highest BCUT2D eigenvalue weighted by Gasteiger charge is 1.97. The Hall–Kier alpha value is -3.23. The lowest BCUT2D eigenvalue weighted by molar-refractivity contribution is -0.301. The van der Waals surface area contributed by atoms with Gasteiger partial charge < -0.3 is 39.6 Å². The number of pyridine rings is 1. The van der Waals surface area contributed by atoms with Crippen molar-refractivity contribution in [2.24, 2.45) is 0 Å². The fraction of sp³-hybridized carbons (Fsp3) is 0. The van der Waals surface area contributed by atoms with Crippen LogP contribution in [0.15, 0.2) is 30.6 Å². The number of carbonyl (C=O) groups is 4. The van der Waals surface area contributed by atoms with Gasteiger partial charge in [0.05, 0.1) is 23.9 Å². The Morgan fingerprint density at radius 3 is 1.40 bits per heavy atom. The Labute approximate surface area is 111 Å². The molecule has 106 valence electrons. The van der Waals surface area contributed by atoms with Crippen molar-refractivity contribution in [3.05, 3.63) is 41.7 Å². The summed E-state index contributed by atoms with van der Waals surface area (Å²) >= 11 is 0. The number of hydrogen-bond acceptors (Lipinski definition) is 9. The second kappa shape index (κ2) is 7.97. The molecule has 0 amide bonds. The predicted molar refractivity (Wildman–Crippen MR) is 52.1 cm³/mol. The largest absolute Gasteiger partial charge is 0.545 e. The molecular weight excluding hydrogens is 274 g/mol. The van der Waals surface area contributed by atoms with Crippen molar-refractivity contribution >= 4 is 23.9 Å². The van der Waals surface area contributed by atoms with E-state index in [0.717, 1.165) is 18.5 Å². The number of aliphatic carboxylic acids is 2. The third kappa shape index (κ3) is 7.17. The minimum absolute atomic E-state index is 0.281. The van der Waals surface area contributed by atoms with E-state index in [-0.39, 0.29) is 11.1 Å². The molecule has 0 aliphatic rings. The molecule has 0 N–H and O–H groups in total. The third-order valence-electron chi connectivity index (χ3n) is 1.57. The second-order valence-corrected chi connectivity index (χ2v) is 3.01. The van der Waals surface area contributed by atoms with Gasteiger partial charge in [-0.15, -0.1) is 0 Å². The van der Waals surface area contributed by atoms with Crippen LogP contribution in [0, 0.1) is 0 Å². The first-order valence-corrected chi connectivity index (χ1v) is 4.71. The standard InChI is InChI=1S/C7H5NO4.C4H4O4/c9-6(10)4-1-5(7(11)12)3-8-2-4;5-3(6)1-2-4(7)8/h1-3H,(H,9,10)(H,11,12);1-2H,(H,5,6)(H,7,8)/p-4/b;2-1+. The molecule has 1 aromatic heterocycles. The van der Waals surface area contributed by atoms with Crippen molar-refractivity contribution < 1.29 is 39.6 Å². The van der Waals surface area contributed by atoms with Crippen LogP contribution < -0.4 is 20.4 Å². The Morgan fingerprint density at radius 1 is 0.800 bits per heavy atom. The van der Waals surface area contributed by atoms with E-state index in [1.807, 2.05) is 0 Å². The molecule has 1 aromatic rings. The Balaban J connectivity index is 0.000000396. The molecule has 1 heterocycles. The number of aromatic nitrogens is 1. The highest BCUT2D eigenvalue weighted by molar-refractivity contribution is 5.91. The minimum Gasteiger partial charge on any atom is -0.545 e. The van der Waals surface area contributed by atoms with Crippen molar-refractivity contribution in [1.82, 2.24) is 4.98 Å². The molecule has 0 spiro atoms. The molecule has 0 bridgehead atoms. The minimum atomic E-state index is -1.55. The molecule has 0 saturated heterocycles. The van der Waals surface area contributed by atoms with Crippen LogP contribution in [-0.4, -0.2) is 28.9 Å². The normalized spacial score (nSPS) is 9.40. The van der Waals surface area contributed by atoms with Gasteiger partial charge >= 0.3 is 0 Å². The van der Waals surface area contributed by atoms with Gasteiger partial charge in [-0.05, 0) is 18.2 Å². The van der Waals surface area contributed by atoms with Crippen LogP contribution in [0.4, 0.5) is 0 Å². The zero-order chi connectivity index (χ0) is 15.7. The van der Waals surface area contributed by atoms with E-state index in [0.29, 0.717) is 12.2 Å². The van der Waals surface area contributed by atoms with Crippen LogP contribution in [0.2, 0.25) is 0 Å². The Bertz CT molecular complexity index is 518. The maximum absolute atomic E-state index is 10.2. The molecule has 0 saturated carbocycles. The second-order valence-electron chi connectivity index (χ2n) is 3.01. The molecular formula is C11H5NO8-4. The SMILES string of the molecule is O=C([O-])/C=C/C(=O)[O-].O=C([O-])c1cncc(C(=O)[O-])c1. The van der Waals surface area contributed by atoms with Crippen LogP contribution in [0.1, 0.15) is 20.7 Å². The summed E-state index contributed by atoms with van der Waals surface area (Å²) in [5.74, 6) is -6.03. The molecule has 9 nitrogen and oxygen atoms in total. The van der Waals surface area contributed by atoms with E-state index in [1.54, 1.807) is 0 Å². The number of hydrogen-bond donors (Lipinski definition) is 0. The molecule has 0 fully saturated rings. The van der Waals surface area contributed by atoms with Gasteiger partial charge in [-0.3, -0.25) is 4.98 Å². The molecule has 0 atom stereocenters. The van der Waals surface area contributed by atoms with Gasteiger partial charge in [0.15, 0.2) is 0 Å². The fourth-order valence-electron chi connectivity index (χ4n) is 0.799. The highest BCUT2D eigenvalue weighted by atomic mass is 16.4. The van der Waals surface area contributed by atoms with Crippen molar-refractivity contribution in [3.63, 3.8) is 0 Å². The maximum atomic E-state index is 10.2. The predicted octanol–water partition coefficient (Wildman–Crippen LogP) is -5.15. The number of carboxylic acid groups (broad SMARTS) is 4. The summed E-state index contributed by atoms with van der Waals surface area (Å²) < 4.78 is 0. The Morgan fingerprint density at radius 2 is 1.15 bits per heavy atom. The first-order chi connectivity index (χ1) is 9.23. The first kappa shape index (κ1) is 16.8. The molecule has 0 aliphatic heterocycles. The van der Waals surface area contributed by atoms with Gasteiger partial charge in [0.2, 0.25) is 0 Å². The van der Waals surface area contributed by atoms with Gasteiger partial charge in [0.1, 0.15) is 0 Å². The summed E-state index contributed by atoms with van der Waals surface area (Å²) in [6.07, 6.45) is 2.77. The lowest BCUT2D eigenvalue weighted by atomic mass is 10.2. The van der Waals surface area contributed by atoms with Crippen LogP contribution in [-0.2, 0) is 9.59 Å². The molecule has 0 aromatic carbocycles. The van der Waals surface area contributed by atoms with Crippen LogP contribution in [0.3, 0.4) is 0 Å². The number of carbonyl (C=O) groups excluding carboxylic acids is 4. The third-order valence-corrected chi connectivity index (χ3v) is 1.57. The van der Waals surface area contributed by atoms with Crippen molar-refractivity contribution in [2.45, 2.75) is 0 Å². The number of carboxylic acids is 4. The number of nitrogens with zero attached hydrogens (tertiary/aromatic N) is 1. The van der Waals surface area contributed by atoms with Crippen LogP contribution >= 0.6 is 0 Å².